The number of likely N-dealkylation sites (tertiary alicyclic amines) is 2. The quantitative estimate of drug-likeness (QED) is 0.430. The molecule has 8 nitrogen and oxygen atoms in total. The zero-order chi connectivity index (χ0) is 27.4. The average molecular weight is 543 g/mol. The molecule has 3 saturated heterocycles. The molecule has 0 bridgehead atoms. The summed E-state index contributed by atoms with van der Waals surface area (Å²) >= 11 is 0. The zero-order valence-corrected chi connectivity index (χ0v) is 23.0. The van der Waals surface area contributed by atoms with Gasteiger partial charge in [-0.15, -0.1) is 0 Å². The van der Waals surface area contributed by atoms with E-state index in [4.69, 9.17) is 19.7 Å². The fourth-order valence-corrected chi connectivity index (χ4v) is 7.06. The zero-order valence-electron chi connectivity index (χ0n) is 23.0. The molecule has 5 heterocycles. The summed E-state index contributed by atoms with van der Waals surface area (Å²) in [6.07, 6.45) is 7.63. The van der Waals surface area contributed by atoms with Crippen LogP contribution in [-0.2, 0) is 17.6 Å². The molecule has 40 heavy (non-hydrogen) atoms. The number of aromatic nitrogens is 3. The Morgan fingerprint density at radius 2 is 1.93 bits per heavy atom. The highest BCUT2D eigenvalue weighted by Crippen LogP contribution is 2.40. The van der Waals surface area contributed by atoms with Gasteiger partial charge in [-0.25, -0.2) is 9.37 Å². The minimum atomic E-state index is -0.904. The van der Waals surface area contributed by atoms with Gasteiger partial charge in [0.1, 0.15) is 12.4 Å². The summed E-state index contributed by atoms with van der Waals surface area (Å²) in [5.74, 6) is -0.746. The smallest absolute Gasteiger partial charge is 0.320 e. The van der Waals surface area contributed by atoms with Gasteiger partial charge in [0.15, 0.2) is 11.5 Å². The van der Waals surface area contributed by atoms with Crippen LogP contribution in [0.5, 0.6) is 6.01 Å². The predicted octanol–water partition coefficient (Wildman–Crippen LogP) is 4.32. The Bertz CT molecular complexity index is 1490. The molecule has 3 aromatic rings. The molecule has 4 aliphatic rings. The number of likely N-dealkylation sites (N-methyl/N-ethyl adjacent to an activating group) is 1. The van der Waals surface area contributed by atoms with Crippen molar-refractivity contribution in [2.45, 2.75) is 63.1 Å². The number of aryl methyl sites for hydroxylation is 1. The molecule has 0 radical (unpaired) electrons. The normalized spacial score (nSPS) is 24.1. The standard InChI is InChI=1S/C31H35FN6O2/c1-19(32)30(39)37-16-14-26-27(37)17-38(26)29-24-12-13-25(23-11-5-8-20-7-3-4-10-22(20)23)33-28(24)34-31(35-29)40-18-21-9-6-15-36(21)2/h5,8,11-13,21,26-27H,1,3-4,6-7,9-10,14-18H2,2H3/t21-,26+,27+/m0/s1. The van der Waals surface area contributed by atoms with Crippen molar-refractivity contribution in [2.24, 2.45) is 0 Å². The van der Waals surface area contributed by atoms with E-state index in [2.05, 4.69) is 53.8 Å². The van der Waals surface area contributed by atoms with Crippen LogP contribution in [0.3, 0.4) is 0 Å². The fraction of sp³-hybridized carbons (Fsp3) is 0.484. The van der Waals surface area contributed by atoms with Crippen LogP contribution in [0.15, 0.2) is 42.7 Å². The maximum absolute atomic E-state index is 13.6. The van der Waals surface area contributed by atoms with Crippen molar-refractivity contribution >= 4 is 22.8 Å². The maximum atomic E-state index is 13.6. The first-order valence-corrected chi connectivity index (χ1v) is 14.5. The van der Waals surface area contributed by atoms with Gasteiger partial charge in [-0.3, -0.25) is 4.79 Å². The summed E-state index contributed by atoms with van der Waals surface area (Å²) in [6.45, 7) is 5.90. The van der Waals surface area contributed by atoms with Gasteiger partial charge in [0.2, 0.25) is 0 Å². The Morgan fingerprint density at radius 1 is 1.05 bits per heavy atom. The van der Waals surface area contributed by atoms with Crippen LogP contribution < -0.4 is 9.64 Å². The largest absolute Gasteiger partial charge is 0.462 e. The molecule has 0 N–H and O–H groups in total. The minimum Gasteiger partial charge on any atom is -0.462 e. The minimum absolute atomic E-state index is 0.0513. The van der Waals surface area contributed by atoms with E-state index < -0.39 is 11.7 Å². The number of carbonyl (C=O) groups is 1. The van der Waals surface area contributed by atoms with Gasteiger partial charge in [-0.05, 0) is 81.8 Å². The first-order valence-electron chi connectivity index (χ1n) is 14.5. The Labute approximate surface area is 233 Å². The molecule has 1 aliphatic carbocycles. The second kappa shape index (κ2) is 10.1. The number of hydrogen-bond acceptors (Lipinski definition) is 7. The van der Waals surface area contributed by atoms with Crippen LogP contribution >= 0.6 is 0 Å². The third-order valence-corrected chi connectivity index (χ3v) is 9.33. The van der Waals surface area contributed by atoms with E-state index in [-0.39, 0.29) is 12.1 Å². The highest BCUT2D eigenvalue weighted by Gasteiger charge is 2.50. The summed E-state index contributed by atoms with van der Waals surface area (Å²) in [7, 11) is 2.13. The molecule has 0 unspecified atom stereocenters. The van der Waals surface area contributed by atoms with Crippen LogP contribution in [-0.4, -0.2) is 82.1 Å². The van der Waals surface area contributed by atoms with E-state index in [1.54, 1.807) is 4.90 Å². The summed E-state index contributed by atoms with van der Waals surface area (Å²) in [5, 5.41) is 0.858. The number of anilines is 1. The van der Waals surface area contributed by atoms with Gasteiger partial charge in [0.05, 0.1) is 23.2 Å². The van der Waals surface area contributed by atoms with Crippen molar-refractivity contribution in [1.82, 2.24) is 24.8 Å². The third kappa shape index (κ3) is 4.31. The Morgan fingerprint density at radius 3 is 2.75 bits per heavy atom. The van der Waals surface area contributed by atoms with Gasteiger partial charge >= 0.3 is 6.01 Å². The van der Waals surface area contributed by atoms with Gasteiger partial charge in [0, 0.05) is 24.7 Å². The summed E-state index contributed by atoms with van der Waals surface area (Å²) in [5.41, 5.74) is 5.51. The lowest BCUT2D eigenvalue weighted by atomic mass is 9.87. The molecule has 3 fully saturated rings. The second-order valence-electron chi connectivity index (χ2n) is 11.6. The molecular weight excluding hydrogens is 507 g/mol. The van der Waals surface area contributed by atoms with Crippen LogP contribution in [0.25, 0.3) is 22.3 Å². The summed E-state index contributed by atoms with van der Waals surface area (Å²) in [4.78, 5) is 33.2. The average Bonchev–Trinajstić information content (AvgIpc) is 3.52. The van der Waals surface area contributed by atoms with E-state index in [1.807, 2.05) is 0 Å². The Hall–Kier alpha value is -3.59. The number of halogens is 1. The van der Waals surface area contributed by atoms with Crippen LogP contribution in [0.4, 0.5) is 10.2 Å². The molecule has 208 valence electrons. The predicted molar refractivity (Wildman–Crippen MR) is 152 cm³/mol. The molecule has 7 rings (SSSR count). The van der Waals surface area contributed by atoms with E-state index in [0.717, 1.165) is 55.5 Å². The van der Waals surface area contributed by atoms with Gasteiger partial charge in [-0.2, -0.15) is 9.97 Å². The monoisotopic (exact) mass is 542 g/mol. The molecule has 1 amide bonds. The lowest BCUT2D eigenvalue weighted by molar-refractivity contribution is -0.130. The van der Waals surface area contributed by atoms with Gasteiger partial charge in [-0.1, -0.05) is 24.8 Å². The lowest BCUT2D eigenvalue weighted by Crippen LogP contribution is -2.63. The van der Waals surface area contributed by atoms with Crippen LogP contribution in [0, 0.1) is 0 Å². The topological polar surface area (TPSA) is 74.7 Å². The van der Waals surface area contributed by atoms with E-state index in [0.29, 0.717) is 37.4 Å². The third-order valence-electron chi connectivity index (χ3n) is 9.33. The molecule has 1 aromatic carbocycles. The van der Waals surface area contributed by atoms with Crippen molar-refractivity contribution in [2.75, 3.05) is 38.2 Å². The Kier molecular flexibility index (Phi) is 6.41. The fourth-order valence-electron chi connectivity index (χ4n) is 7.06. The maximum Gasteiger partial charge on any atom is 0.320 e. The van der Waals surface area contributed by atoms with Crippen LogP contribution in [0.1, 0.15) is 43.2 Å². The SMILES string of the molecule is C=C(F)C(=O)N1CC[C@@H]2[C@H]1CN2c1nc(OC[C@@H]2CCCN2C)nc2nc(-c3cccc4c3CCCC4)ccc12. The van der Waals surface area contributed by atoms with Crippen molar-refractivity contribution in [1.29, 1.82) is 0 Å². The number of rotatable bonds is 6. The first-order chi connectivity index (χ1) is 19.5. The molecule has 3 atom stereocenters. The number of ether oxygens (including phenoxy) is 1. The number of hydrogen-bond donors (Lipinski definition) is 0. The van der Waals surface area contributed by atoms with Crippen molar-refractivity contribution in [3.8, 4) is 17.3 Å². The number of carbonyl (C=O) groups excluding carboxylic acids is 1. The van der Waals surface area contributed by atoms with Gasteiger partial charge in [0.25, 0.3) is 5.91 Å². The van der Waals surface area contributed by atoms with E-state index in [9.17, 15) is 9.18 Å². The summed E-state index contributed by atoms with van der Waals surface area (Å²) < 4.78 is 19.8. The molecule has 9 heteroatoms. The molecule has 2 aromatic heterocycles. The molecular formula is C31H35FN6O2. The van der Waals surface area contributed by atoms with Crippen molar-refractivity contribution < 1.29 is 13.9 Å². The highest BCUT2D eigenvalue weighted by molar-refractivity contribution is 5.93. The van der Waals surface area contributed by atoms with Crippen molar-refractivity contribution in [3.63, 3.8) is 0 Å². The second-order valence-corrected chi connectivity index (χ2v) is 11.6. The molecule has 0 spiro atoms. The van der Waals surface area contributed by atoms with Crippen LogP contribution in [0.2, 0.25) is 0 Å². The summed E-state index contributed by atoms with van der Waals surface area (Å²) in [6, 6.07) is 11.4. The van der Waals surface area contributed by atoms with E-state index >= 15 is 0 Å². The molecule has 3 aliphatic heterocycles. The number of nitrogens with zero attached hydrogens (tertiary/aromatic N) is 6. The molecule has 0 saturated carbocycles. The Balaban J connectivity index is 1.25. The number of fused-ring (bicyclic) bond motifs is 3. The number of amides is 1. The van der Waals surface area contributed by atoms with Gasteiger partial charge < -0.3 is 19.4 Å². The number of pyridine rings is 1. The van der Waals surface area contributed by atoms with Crippen molar-refractivity contribution in [3.05, 3.63) is 53.9 Å². The first kappa shape index (κ1) is 25.4. The highest BCUT2D eigenvalue weighted by atomic mass is 19.1. The number of benzene rings is 1. The van der Waals surface area contributed by atoms with E-state index in [1.165, 1.54) is 29.5 Å². The lowest BCUT2D eigenvalue weighted by Gasteiger charge is -2.47.